The molecule has 0 fully saturated rings. The molecule has 0 heterocycles. The van der Waals surface area contributed by atoms with Gasteiger partial charge in [0.05, 0.1) is 12.0 Å². The second kappa shape index (κ2) is 5.88. The number of carbonyl (C=O) groups is 1. The lowest BCUT2D eigenvalue weighted by molar-refractivity contribution is -0.161. The van der Waals surface area contributed by atoms with E-state index in [1.54, 1.807) is 0 Å². The van der Waals surface area contributed by atoms with Crippen molar-refractivity contribution in [3.05, 3.63) is 0 Å². The van der Waals surface area contributed by atoms with E-state index < -0.39 is 0 Å². The van der Waals surface area contributed by atoms with Gasteiger partial charge in [-0.3, -0.25) is 4.79 Å². The van der Waals surface area contributed by atoms with E-state index in [2.05, 4.69) is 48.5 Å². The Morgan fingerprint density at radius 2 is 1.53 bits per heavy atom. The van der Waals surface area contributed by atoms with Crippen LogP contribution in [0, 0.1) is 22.7 Å². The number of carbonyl (C=O) groups excluding carboxylic acids is 1. The predicted octanol–water partition coefficient (Wildman–Crippen LogP) is 4.28. The Kier molecular flexibility index (Phi) is 5.70. The van der Waals surface area contributed by atoms with Crippen LogP contribution in [0.5, 0.6) is 0 Å². The summed E-state index contributed by atoms with van der Waals surface area (Å²) in [6.45, 7) is 17.4. The average molecular weight is 242 g/mol. The third kappa shape index (κ3) is 5.56. The van der Waals surface area contributed by atoms with E-state index in [0.717, 1.165) is 6.42 Å². The van der Waals surface area contributed by atoms with Crippen molar-refractivity contribution < 1.29 is 9.53 Å². The second-order valence-electron chi connectivity index (χ2n) is 7.30. The minimum Gasteiger partial charge on any atom is -0.465 e. The molecule has 0 amide bonds. The van der Waals surface area contributed by atoms with Crippen LogP contribution in [0.3, 0.4) is 0 Å². The highest BCUT2D eigenvalue weighted by Crippen LogP contribution is 2.40. The van der Waals surface area contributed by atoms with Gasteiger partial charge in [-0.2, -0.15) is 0 Å². The Hall–Kier alpha value is -0.530. The monoisotopic (exact) mass is 242 g/mol. The van der Waals surface area contributed by atoms with Crippen molar-refractivity contribution in [1.29, 1.82) is 0 Å². The molecular weight excluding hydrogens is 212 g/mol. The molecule has 0 radical (unpaired) electrons. The van der Waals surface area contributed by atoms with Crippen molar-refractivity contribution in [2.24, 2.45) is 22.7 Å². The molecule has 2 heteroatoms. The summed E-state index contributed by atoms with van der Waals surface area (Å²) < 4.78 is 5.44. The zero-order valence-corrected chi connectivity index (χ0v) is 12.9. The maximum atomic E-state index is 12.3. The largest absolute Gasteiger partial charge is 0.465 e. The summed E-state index contributed by atoms with van der Waals surface area (Å²) in [6, 6.07) is 0. The molecule has 102 valence electrons. The fourth-order valence-electron chi connectivity index (χ4n) is 2.02. The molecule has 0 saturated heterocycles. The number of ether oxygens (including phenoxy) is 1. The summed E-state index contributed by atoms with van der Waals surface area (Å²) in [5, 5.41) is 0. The second-order valence-corrected chi connectivity index (χ2v) is 7.30. The van der Waals surface area contributed by atoms with Gasteiger partial charge in [0.2, 0.25) is 0 Å². The molecule has 0 bridgehead atoms. The summed E-state index contributed by atoms with van der Waals surface area (Å²) in [4.78, 5) is 12.3. The lowest BCUT2D eigenvalue weighted by Crippen LogP contribution is -2.39. The van der Waals surface area contributed by atoms with Crippen molar-refractivity contribution >= 4 is 5.97 Å². The molecule has 0 aliphatic rings. The van der Waals surface area contributed by atoms with Crippen molar-refractivity contribution in [3.8, 4) is 0 Å². The van der Waals surface area contributed by atoms with Crippen LogP contribution in [0.15, 0.2) is 0 Å². The Morgan fingerprint density at radius 3 is 1.82 bits per heavy atom. The molecule has 0 N–H and O–H groups in total. The highest BCUT2D eigenvalue weighted by Gasteiger charge is 2.41. The van der Waals surface area contributed by atoms with E-state index in [9.17, 15) is 4.79 Å². The highest BCUT2D eigenvalue weighted by atomic mass is 16.5. The lowest BCUT2D eigenvalue weighted by atomic mass is 9.69. The highest BCUT2D eigenvalue weighted by molar-refractivity contribution is 5.76. The summed E-state index contributed by atoms with van der Waals surface area (Å²) in [5.41, 5.74) is -0.247. The molecule has 0 aromatic rings. The van der Waals surface area contributed by atoms with E-state index in [0.29, 0.717) is 18.4 Å². The average Bonchev–Trinajstić information content (AvgIpc) is 2.10. The molecule has 17 heavy (non-hydrogen) atoms. The van der Waals surface area contributed by atoms with Crippen molar-refractivity contribution in [2.45, 2.75) is 61.8 Å². The van der Waals surface area contributed by atoms with E-state index in [1.807, 2.05) is 6.92 Å². The zero-order chi connectivity index (χ0) is 13.9. The first kappa shape index (κ1) is 16.5. The molecule has 0 aliphatic heterocycles. The topological polar surface area (TPSA) is 26.3 Å². The molecule has 1 atom stereocenters. The van der Waals surface area contributed by atoms with E-state index in [4.69, 9.17) is 4.74 Å². The lowest BCUT2D eigenvalue weighted by Gasteiger charge is -2.37. The van der Waals surface area contributed by atoms with Gasteiger partial charge < -0.3 is 4.74 Å². The third-order valence-corrected chi connectivity index (χ3v) is 3.19. The van der Waals surface area contributed by atoms with Gasteiger partial charge in [-0.15, -0.1) is 0 Å². The summed E-state index contributed by atoms with van der Waals surface area (Å²) in [5.74, 6) is 0.641. The fraction of sp³-hybridized carbons (Fsp3) is 0.933. The van der Waals surface area contributed by atoms with Crippen LogP contribution < -0.4 is 0 Å². The minimum absolute atomic E-state index is 0.0453. The smallest absolute Gasteiger partial charge is 0.312 e. The predicted molar refractivity (Wildman–Crippen MR) is 72.8 cm³/mol. The van der Waals surface area contributed by atoms with E-state index in [1.165, 1.54) is 0 Å². The first-order valence-corrected chi connectivity index (χ1v) is 6.66. The maximum Gasteiger partial charge on any atom is 0.312 e. The Labute approximate surface area is 107 Å². The number of esters is 1. The van der Waals surface area contributed by atoms with Gasteiger partial charge in [0.25, 0.3) is 0 Å². The minimum atomic E-state index is -0.382. The van der Waals surface area contributed by atoms with Gasteiger partial charge >= 0.3 is 5.97 Å². The van der Waals surface area contributed by atoms with Crippen LogP contribution in [-0.2, 0) is 9.53 Å². The number of hydrogen-bond donors (Lipinski definition) is 0. The summed E-state index contributed by atoms with van der Waals surface area (Å²) >= 11 is 0. The van der Waals surface area contributed by atoms with Crippen LogP contribution in [0.1, 0.15) is 61.8 Å². The number of hydrogen-bond acceptors (Lipinski definition) is 2. The van der Waals surface area contributed by atoms with Gasteiger partial charge in [0.15, 0.2) is 0 Å². The Balaban J connectivity index is 4.77. The normalized spacial score (nSPS) is 16.1. The molecule has 0 aliphatic carbocycles. The molecule has 0 aromatic carbocycles. The van der Waals surface area contributed by atoms with Gasteiger partial charge in [-0.05, 0) is 30.6 Å². The molecule has 2 nitrogen and oxygen atoms in total. The van der Waals surface area contributed by atoms with Gasteiger partial charge in [-0.25, -0.2) is 0 Å². The Bertz CT molecular complexity index is 248. The van der Waals surface area contributed by atoms with Crippen LogP contribution >= 0.6 is 0 Å². The first-order valence-electron chi connectivity index (χ1n) is 6.66. The molecule has 0 rings (SSSR count). The maximum absolute atomic E-state index is 12.3. The quantitative estimate of drug-likeness (QED) is 0.672. The molecule has 0 spiro atoms. The van der Waals surface area contributed by atoms with Crippen molar-refractivity contribution in [2.75, 3.05) is 6.61 Å². The zero-order valence-electron chi connectivity index (χ0n) is 12.9. The van der Waals surface area contributed by atoms with E-state index >= 15 is 0 Å². The van der Waals surface area contributed by atoms with Crippen LogP contribution in [0.2, 0.25) is 0 Å². The van der Waals surface area contributed by atoms with Crippen LogP contribution in [0.25, 0.3) is 0 Å². The summed E-state index contributed by atoms with van der Waals surface area (Å²) in [7, 11) is 0. The van der Waals surface area contributed by atoms with Crippen molar-refractivity contribution in [3.63, 3.8) is 0 Å². The molecule has 0 aromatic heterocycles. The van der Waals surface area contributed by atoms with Gasteiger partial charge in [0, 0.05) is 0 Å². The van der Waals surface area contributed by atoms with Crippen LogP contribution in [0.4, 0.5) is 0 Å². The van der Waals surface area contributed by atoms with Gasteiger partial charge in [0.1, 0.15) is 0 Å². The Morgan fingerprint density at radius 1 is 1.06 bits per heavy atom. The van der Waals surface area contributed by atoms with Crippen LogP contribution in [-0.4, -0.2) is 12.6 Å². The molecule has 1 unspecified atom stereocenters. The molecular formula is C15H30O2. The number of rotatable bonds is 5. The third-order valence-electron chi connectivity index (χ3n) is 3.19. The first-order chi connectivity index (χ1) is 7.49. The van der Waals surface area contributed by atoms with Crippen molar-refractivity contribution in [1.82, 2.24) is 0 Å². The SMILES string of the molecule is CC(C)COC(=O)C(C)(CC(C)(C)C)C(C)C. The fourth-order valence-corrected chi connectivity index (χ4v) is 2.02. The standard InChI is InChI=1S/C15H30O2/c1-11(2)9-17-13(16)15(8,12(3)4)10-14(5,6)7/h11-12H,9-10H2,1-8H3. The van der Waals surface area contributed by atoms with Gasteiger partial charge in [-0.1, -0.05) is 48.5 Å². The van der Waals surface area contributed by atoms with E-state index in [-0.39, 0.29) is 16.8 Å². The summed E-state index contributed by atoms with van der Waals surface area (Å²) in [6.07, 6.45) is 0.856. The molecule has 0 saturated carbocycles.